The van der Waals surface area contributed by atoms with Gasteiger partial charge in [0.15, 0.2) is 0 Å². The van der Waals surface area contributed by atoms with Gasteiger partial charge in [0.2, 0.25) is 0 Å². The minimum Gasteiger partial charge on any atom is -0.393 e. The molecule has 0 amide bonds. The summed E-state index contributed by atoms with van der Waals surface area (Å²) >= 11 is 0. The van der Waals surface area contributed by atoms with Crippen LogP contribution in [-0.2, 0) is 0 Å². The SMILES string of the molecule is C/C=C1/CC[C@H]2[C@@H]3CC[C@H]4C[C@H](O)CC[C@]4(C)C3=CC[C@]12C. The number of allylic oxidation sites excluding steroid dienone is 4. The summed E-state index contributed by atoms with van der Waals surface area (Å²) in [6.07, 6.45) is 15.0. The zero-order chi connectivity index (χ0) is 15.5. The van der Waals surface area contributed by atoms with Crippen LogP contribution in [0.4, 0.5) is 0 Å². The van der Waals surface area contributed by atoms with Crippen LogP contribution in [0.3, 0.4) is 0 Å². The third-order valence-corrected chi connectivity index (χ3v) is 8.20. The van der Waals surface area contributed by atoms with Gasteiger partial charge in [-0.2, -0.15) is 0 Å². The molecular weight excluding hydrogens is 268 g/mol. The molecule has 3 fully saturated rings. The fraction of sp³-hybridized carbons (Fsp3) is 0.810. The first kappa shape index (κ1) is 15.0. The Kier molecular flexibility index (Phi) is 3.39. The predicted octanol–water partition coefficient (Wildman–Crippen LogP) is 5.26. The smallest absolute Gasteiger partial charge is 0.0543 e. The lowest BCUT2D eigenvalue weighted by molar-refractivity contribution is -0.00472. The van der Waals surface area contributed by atoms with E-state index in [-0.39, 0.29) is 6.10 Å². The Labute approximate surface area is 135 Å². The van der Waals surface area contributed by atoms with Crippen molar-refractivity contribution in [3.63, 3.8) is 0 Å². The molecule has 1 heteroatoms. The first-order valence-corrected chi connectivity index (χ1v) is 9.53. The van der Waals surface area contributed by atoms with Gasteiger partial charge in [-0.1, -0.05) is 37.1 Å². The van der Waals surface area contributed by atoms with Gasteiger partial charge in [0.05, 0.1) is 6.10 Å². The maximum atomic E-state index is 10.1. The summed E-state index contributed by atoms with van der Waals surface area (Å²) in [5.41, 5.74) is 4.36. The van der Waals surface area contributed by atoms with Crippen LogP contribution in [0.1, 0.15) is 72.1 Å². The average Bonchev–Trinajstić information content (AvgIpc) is 2.84. The fourth-order valence-corrected chi connectivity index (χ4v) is 6.83. The third kappa shape index (κ3) is 1.87. The molecule has 0 aromatic rings. The first-order chi connectivity index (χ1) is 10.5. The molecule has 0 aliphatic heterocycles. The summed E-state index contributed by atoms with van der Waals surface area (Å²) in [5, 5.41) is 10.1. The van der Waals surface area contributed by atoms with E-state index in [1.54, 1.807) is 11.1 Å². The minimum absolute atomic E-state index is 0.0369. The molecule has 0 bridgehead atoms. The van der Waals surface area contributed by atoms with Crippen molar-refractivity contribution in [3.05, 3.63) is 23.3 Å². The lowest BCUT2D eigenvalue weighted by Crippen LogP contribution is -2.47. The van der Waals surface area contributed by atoms with E-state index in [4.69, 9.17) is 0 Å². The number of aliphatic hydroxyl groups is 1. The van der Waals surface area contributed by atoms with E-state index in [0.717, 1.165) is 30.6 Å². The number of hydrogen-bond acceptors (Lipinski definition) is 1. The molecule has 6 atom stereocenters. The Morgan fingerprint density at radius 1 is 1.14 bits per heavy atom. The van der Waals surface area contributed by atoms with Gasteiger partial charge in [-0.15, -0.1) is 0 Å². The van der Waals surface area contributed by atoms with Gasteiger partial charge in [-0.05, 0) is 86.9 Å². The first-order valence-electron chi connectivity index (χ1n) is 9.53. The second-order valence-corrected chi connectivity index (χ2v) is 8.97. The molecule has 1 N–H and O–H groups in total. The lowest BCUT2D eigenvalue weighted by Gasteiger charge is -2.56. The molecule has 0 aromatic carbocycles. The molecule has 22 heavy (non-hydrogen) atoms. The Bertz CT molecular complexity index is 530. The van der Waals surface area contributed by atoms with E-state index in [1.807, 2.05) is 0 Å². The molecule has 4 aliphatic rings. The summed E-state index contributed by atoms with van der Waals surface area (Å²) in [5.74, 6) is 2.43. The number of hydrogen-bond donors (Lipinski definition) is 1. The van der Waals surface area contributed by atoms with Crippen LogP contribution in [0.25, 0.3) is 0 Å². The van der Waals surface area contributed by atoms with Gasteiger partial charge in [-0.25, -0.2) is 0 Å². The quantitative estimate of drug-likeness (QED) is 0.605. The fourth-order valence-electron chi connectivity index (χ4n) is 6.83. The molecule has 4 aliphatic carbocycles. The second kappa shape index (κ2) is 4.97. The summed E-state index contributed by atoms with van der Waals surface area (Å²) in [4.78, 5) is 0. The van der Waals surface area contributed by atoms with Crippen LogP contribution in [-0.4, -0.2) is 11.2 Å². The summed E-state index contributed by atoms with van der Waals surface area (Å²) in [6.45, 7) is 7.30. The molecule has 3 saturated carbocycles. The van der Waals surface area contributed by atoms with E-state index in [9.17, 15) is 5.11 Å². The van der Waals surface area contributed by atoms with Crippen molar-refractivity contribution in [2.75, 3.05) is 0 Å². The zero-order valence-corrected chi connectivity index (χ0v) is 14.6. The Balaban J connectivity index is 1.71. The number of aliphatic hydroxyl groups excluding tert-OH is 1. The van der Waals surface area contributed by atoms with Crippen LogP contribution in [0.2, 0.25) is 0 Å². The Morgan fingerprint density at radius 2 is 1.95 bits per heavy atom. The van der Waals surface area contributed by atoms with Crippen LogP contribution in [0.15, 0.2) is 23.3 Å². The van der Waals surface area contributed by atoms with Crippen molar-refractivity contribution in [2.45, 2.75) is 78.2 Å². The van der Waals surface area contributed by atoms with Crippen molar-refractivity contribution < 1.29 is 5.11 Å². The maximum absolute atomic E-state index is 10.1. The lowest BCUT2D eigenvalue weighted by atomic mass is 9.49. The van der Waals surface area contributed by atoms with Crippen LogP contribution in [0, 0.1) is 28.6 Å². The molecule has 0 radical (unpaired) electrons. The largest absolute Gasteiger partial charge is 0.393 e. The van der Waals surface area contributed by atoms with Crippen molar-refractivity contribution in [1.29, 1.82) is 0 Å². The monoisotopic (exact) mass is 300 g/mol. The average molecular weight is 300 g/mol. The summed E-state index contributed by atoms with van der Waals surface area (Å²) < 4.78 is 0. The normalized spacial score (nSPS) is 52.7. The van der Waals surface area contributed by atoms with Crippen LogP contribution < -0.4 is 0 Å². The molecule has 0 heterocycles. The van der Waals surface area contributed by atoms with Crippen molar-refractivity contribution in [3.8, 4) is 0 Å². The highest BCUT2D eigenvalue weighted by molar-refractivity contribution is 5.34. The van der Waals surface area contributed by atoms with E-state index in [1.165, 1.54) is 38.5 Å². The van der Waals surface area contributed by atoms with Crippen LogP contribution in [0.5, 0.6) is 0 Å². The predicted molar refractivity (Wildman–Crippen MR) is 91.5 cm³/mol. The molecular formula is C21H32O. The highest BCUT2D eigenvalue weighted by Crippen LogP contribution is 2.65. The molecule has 0 spiro atoms. The van der Waals surface area contributed by atoms with Crippen molar-refractivity contribution in [2.24, 2.45) is 28.6 Å². The van der Waals surface area contributed by atoms with E-state index in [0.29, 0.717) is 10.8 Å². The highest BCUT2D eigenvalue weighted by atomic mass is 16.3. The van der Waals surface area contributed by atoms with E-state index >= 15 is 0 Å². The van der Waals surface area contributed by atoms with Gasteiger partial charge < -0.3 is 5.11 Å². The molecule has 4 rings (SSSR count). The van der Waals surface area contributed by atoms with Gasteiger partial charge in [0, 0.05) is 0 Å². The van der Waals surface area contributed by atoms with Gasteiger partial charge in [-0.3, -0.25) is 0 Å². The molecule has 122 valence electrons. The zero-order valence-electron chi connectivity index (χ0n) is 14.6. The van der Waals surface area contributed by atoms with E-state index in [2.05, 4.69) is 32.9 Å². The Morgan fingerprint density at radius 3 is 2.73 bits per heavy atom. The maximum Gasteiger partial charge on any atom is 0.0543 e. The topological polar surface area (TPSA) is 20.2 Å². The number of fused-ring (bicyclic) bond motifs is 5. The second-order valence-electron chi connectivity index (χ2n) is 8.97. The molecule has 1 nitrogen and oxygen atoms in total. The number of rotatable bonds is 0. The van der Waals surface area contributed by atoms with Gasteiger partial charge >= 0.3 is 0 Å². The van der Waals surface area contributed by atoms with Crippen molar-refractivity contribution >= 4 is 0 Å². The molecule has 0 aromatic heterocycles. The Hall–Kier alpha value is -0.560. The minimum atomic E-state index is -0.0369. The standard InChI is InChI=1S/C21H32O/c1-4-14-6-8-18-17-7-5-15-13-16(22)9-11-21(15,3)19(17)10-12-20(14,18)2/h4,10,15-18,22H,5-9,11-13H2,1-3H3/b14-4-/t15-,16+,17-,18-,20+,21-/m0/s1. The van der Waals surface area contributed by atoms with E-state index < -0.39 is 0 Å². The van der Waals surface area contributed by atoms with Crippen molar-refractivity contribution in [1.82, 2.24) is 0 Å². The molecule has 0 saturated heterocycles. The van der Waals surface area contributed by atoms with Gasteiger partial charge in [0.1, 0.15) is 0 Å². The highest BCUT2D eigenvalue weighted by Gasteiger charge is 2.55. The van der Waals surface area contributed by atoms with Gasteiger partial charge in [0.25, 0.3) is 0 Å². The molecule has 0 unspecified atom stereocenters. The summed E-state index contributed by atoms with van der Waals surface area (Å²) in [6, 6.07) is 0. The third-order valence-electron chi connectivity index (χ3n) is 8.20. The van der Waals surface area contributed by atoms with Crippen LogP contribution >= 0.6 is 0 Å². The summed E-state index contributed by atoms with van der Waals surface area (Å²) in [7, 11) is 0.